The molecule has 0 radical (unpaired) electrons. The van der Waals surface area contributed by atoms with Crippen molar-refractivity contribution in [3.63, 3.8) is 0 Å². The number of amides is 1. The van der Waals surface area contributed by atoms with Crippen LogP contribution in [0, 0.1) is 16.7 Å². The topological polar surface area (TPSA) is 39.7 Å². The molecule has 1 aromatic rings. The fourth-order valence-corrected chi connectivity index (χ4v) is 6.29. The Balaban J connectivity index is 1.37. The summed E-state index contributed by atoms with van der Waals surface area (Å²) in [5, 5.41) is 0. The monoisotopic (exact) mass is 382 g/mol. The molecule has 4 aliphatic rings. The van der Waals surface area contributed by atoms with E-state index in [2.05, 4.69) is 32.7 Å². The highest BCUT2D eigenvalue weighted by molar-refractivity contribution is 5.86. The van der Waals surface area contributed by atoms with Crippen molar-refractivity contribution in [1.82, 2.24) is 19.7 Å². The maximum absolute atomic E-state index is 13.6. The molecule has 3 aliphatic heterocycles. The van der Waals surface area contributed by atoms with E-state index in [-0.39, 0.29) is 10.8 Å². The highest BCUT2D eigenvalue weighted by atomic mass is 16.2. The lowest BCUT2D eigenvalue weighted by atomic mass is 9.60. The number of carbonyl (C=O) groups excluding carboxylic acids is 1. The number of nitrogens with zero attached hydrogens (tertiary/aromatic N) is 4. The number of piperidine rings is 1. The van der Waals surface area contributed by atoms with E-state index in [1.807, 2.05) is 18.5 Å². The van der Waals surface area contributed by atoms with E-state index in [1.165, 1.54) is 50.9 Å². The molecule has 5 rings (SSSR count). The number of rotatable bonds is 5. The molecule has 3 saturated heterocycles. The van der Waals surface area contributed by atoms with Gasteiger partial charge in [-0.15, -0.1) is 0 Å². The summed E-state index contributed by atoms with van der Waals surface area (Å²) in [5.41, 5.74) is 1.27. The Bertz CT molecular complexity index is 711. The summed E-state index contributed by atoms with van der Waals surface area (Å²) in [6.45, 7) is 10.5. The molecule has 1 amide bonds. The van der Waals surface area contributed by atoms with Gasteiger partial charge in [-0.2, -0.15) is 0 Å². The Morgan fingerprint density at radius 1 is 1.11 bits per heavy atom. The van der Waals surface area contributed by atoms with E-state index in [1.54, 1.807) is 0 Å². The van der Waals surface area contributed by atoms with Crippen molar-refractivity contribution in [2.45, 2.75) is 45.6 Å². The molecule has 4 heterocycles. The minimum absolute atomic E-state index is 0.156. The third-order valence-corrected chi connectivity index (χ3v) is 8.08. The molecule has 5 nitrogen and oxygen atoms in total. The molecule has 4 fully saturated rings. The first-order chi connectivity index (χ1) is 13.6. The molecule has 0 N–H and O–H groups in total. The lowest BCUT2D eigenvalue weighted by Gasteiger charge is -2.47. The van der Waals surface area contributed by atoms with Crippen LogP contribution in [-0.2, 0) is 11.3 Å². The first-order valence-corrected chi connectivity index (χ1v) is 11.3. The molecule has 1 saturated carbocycles. The molecule has 0 unspecified atom stereocenters. The second kappa shape index (κ2) is 7.10. The average Bonchev–Trinajstić information content (AvgIpc) is 3.40. The zero-order valence-electron chi connectivity index (χ0n) is 17.3. The van der Waals surface area contributed by atoms with Gasteiger partial charge in [-0.1, -0.05) is 6.07 Å². The van der Waals surface area contributed by atoms with Crippen LogP contribution >= 0.6 is 0 Å². The van der Waals surface area contributed by atoms with Gasteiger partial charge in [0, 0.05) is 57.1 Å². The molecule has 0 bridgehead atoms. The van der Waals surface area contributed by atoms with Crippen molar-refractivity contribution in [2.24, 2.45) is 16.7 Å². The number of carbonyl (C=O) groups is 1. The summed E-state index contributed by atoms with van der Waals surface area (Å²) in [7, 11) is 0. The number of aromatic nitrogens is 1. The highest BCUT2D eigenvalue weighted by Crippen LogP contribution is 2.58. The van der Waals surface area contributed by atoms with Crippen molar-refractivity contribution in [1.29, 1.82) is 0 Å². The van der Waals surface area contributed by atoms with E-state index in [4.69, 9.17) is 0 Å². The van der Waals surface area contributed by atoms with E-state index < -0.39 is 0 Å². The van der Waals surface area contributed by atoms with Crippen LogP contribution in [0.5, 0.6) is 0 Å². The Labute approximate surface area is 169 Å². The van der Waals surface area contributed by atoms with Crippen LogP contribution < -0.4 is 0 Å². The van der Waals surface area contributed by atoms with Crippen LogP contribution in [0.15, 0.2) is 24.5 Å². The normalized spacial score (nSPS) is 30.8. The first-order valence-electron chi connectivity index (χ1n) is 11.3. The molecule has 1 aromatic heterocycles. The zero-order chi connectivity index (χ0) is 19.2. The van der Waals surface area contributed by atoms with E-state index in [0.29, 0.717) is 5.91 Å². The highest BCUT2D eigenvalue weighted by Gasteiger charge is 2.64. The third-order valence-electron chi connectivity index (χ3n) is 8.08. The smallest absolute Gasteiger partial charge is 0.230 e. The van der Waals surface area contributed by atoms with Crippen LogP contribution in [0.1, 0.15) is 44.6 Å². The fourth-order valence-electron chi connectivity index (χ4n) is 6.29. The number of hydrogen-bond acceptors (Lipinski definition) is 4. The van der Waals surface area contributed by atoms with E-state index in [0.717, 1.165) is 45.1 Å². The second-order valence-electron chi connectivity index (χ2n) is 9.75. The number of pyridine rings is 1. The van der Waals surface area contributed by atoms with Crippen molar-refractivity contribution >= 4 is 5.91 Å². The molecule has 1 aliphatic carbocycles. The van der Waals surface area contributed by atoms with Gasteiger partial charge in [0.1, 0.15) is 0 Å². The van der Waals surface area contributed by atoms with Gasteiger partial charge >= 0.3 is 0 Å². The van der Waals surface area contributed by atoms with Crippen LogP contribution in [0.2, 0.25) is 0 Å². The lowest BCUT2D eigenvalue weighted by molar-refractivity contribution is -0.142. The van der Waals surface area contributed by atoms with Crippen LogP contribution in [-0.4, -0.2) is 71.4 Å². The van der Waals surface area contributed by atoms with Gasteiger partial charge in [0.2, 0.25) is 5.91 Å². The molecule has 2 spiro atoms. The van der Waals surface area contributed by atoms with E-state index in [9.17, 15) is 4.79 Å². The predicted octanol–water partition coefficient (Wildman–Crippen LogP) is 2.63. The van der Waals surface area contributed by atoms with Crippen LogP contribution in [0.3, 0.4) is 0 Å². The SMILES string of the molecule is CCN1CC[C@@]2(CN(Cc3cccnc3)CC23CCN(CC2CC2)CC3)C1=O. The van der Waals surface area contributed by atoms with E-state index >= 15 is 0 Å². The lowest BCUT2D eigenvalue weighted by Crippen LogP contribution is -2.53. The predicted molar refractivity (Wildman–Crippen MR) is 110 cm³/mol. The Hall–Kier alpha value is -1.46. The number of fused-ring (bicyclic) bond motifs is 1. The Kier molecular flexibility index (Phi) is 4.71. The van der Waals surface area contributed by atoms with Gasteiger partial charge in [-0.3, -0.25) is 14.7 Å². The maximum Gasteiger partial charge on any atom is 0.230 e. The molecular weight excluding hydrogens is 348 g/mol. The molecule has 1 atom stereocenters. The van der Waals surface area contributed by atoms with Gasteiger partial charge in [0.25, 0.3) is 0 Å². The standard InChI is InChI=1S/C23H34N4O/c1-2-27-13-9-23(21(27)28)18-26(16-20-4-3-10-24-14-20)17-22(23)7-11-25(12-8-22)15-19-5-6-19/h3-4,10,14,19H,2,5-9,11-13,15-18H2,1H3/t23-/m1/s1. The van der Waals surface area contributed by atoms with Crippen molar-refractivity contribution in [3.05, 3.63) is 30.1 Å². The summed E-state index contributed by atoms with van der Waals surface area (Å²) >= 11 is 0. The van der Waals surface area contributed by atoms with Crippen molar-refractivity contribution in [2.75, 3.05) is 45.8 Å². The molecule has 28 heavy (non-hydrogen) atoms. The summed E-state index contributed by atoms with van der Waals surface area (Å²) in [4.78, 5) is 25.2. The van der Waals surface area contributed by atoms with Gasteiger partial charge < -0.3 is 9.80 Å². The zero-order valence-corrected chi connectivity index (χ0v) is 17.3. The first kappa shape index (κ1) is 18.6. The van der Waals surface area contributed by atoms with Gasteiger partial charge in [0.05, 0.1) is 5.41 Å². The van der Waals surface area contributed by atoms with Crippen LogP contribution in [0.4, 0.5) is 0 Å². The molecule has 152 valence electrons. The summed E-state index contributed by atoms with van der Waals surface area (Å²) in [6, 6.07) is 4.19. The van der Waals surface area contributed by atoms with Crippen molar-refractivity contribution in [3.8, 4) is 0 Å². The van der Waals surface area contributed by atoms with Crippen molar-refractivity contribution < 1.29 is 4.79 Å². The van der Waals surface area contributed by atoms with Gasteiger partial charge in [-0.25, -0.2) is 0 Å². The van der Waals surface area contributed by atoms with Gasteiger partial charge in [0.15, 0.2) is 0 Å². The minimum atomic E-state index is -0.156. The summed E-state index contributed by atoms with van der Waals surface area (Å²) in [6.07, 6.45) is 10.1. The Morgan fingerprint density at radius 2 is 1.93 bits per heavy atom. The fraction of sp³-hybridized carbons (Fsp3) is 0.739. The second-order valence-corrected chi connectivity index (χ2v) is 9.75. The molecule has 5 heteroatoms. The number of hydrogen-bond donors (Lipinski definition) is 0. The average molecular weight is 383 g/mol. The van der Waals surface area contributed by atoms with Gasteiger partial charge in [-0.05, 0) is 69.7 Å². The molecular formula is C23H34N4O. The Morgan fingerprint density at radius 3 is 2.57 bits per heavy atom. The summed E-state index contributed by atoms with van der Waals surface area (Å²) < 4.78 is 0. The third kappa shape index (κ3) is 3.07. The number of likely N-dealkylation sites (tertiary alicyclic amines) is 3. The molecule has 0 aromatic carbocycles. The quantitative estimate of drug-likeness (QED) is 0.785. The summed E-state index contributed by atoms with van der Waals surface area (Å²) in [5.74, 6) is 1.40. The van der Waals surface area contributed by atoms with Crippen LogP contribution in [0.25, 0.3) is 0 Å². The largest absolute Gasteiger partial charge is 0.342 e. The minimum Gasteiger partial charge on any atom is -0.342 e. The maximum atomic E-state index is 13.6.